The lowest BCUT2D eigenvalue weighted by Crippen LogP contribution is -2.24. The van der Waals surface area contributed by atoms with Gasteiger partial charge >= 0.3 is 5.97 Å². The zero-order valence-electron chi connectivity index (χ0n) is 21.3. The summed E-state index contributed by atoms with van der Waals surface area (Å²) in [4.78, 5) is 22.7. The normalized spacial score (nSPS) is 17.8. The summed E-state index contributed by atoms with van der Waals surface area (Å²) in [5, 5.41) is 18.9. The number of carbonyl (C=O) groups is 2. The van der Waals surface area contributed by atoms with E-state index in [0.717, 1.165) is 59.4 Å². The van der Waals surface area contributed by atoms with Crippen LogP contribution in [0.5, 0.6) is 0 Å². The summed E-state index contributed by atoms with van der Waals surface area (Å²) < 4.78 is 10.7. The van der Waals surface area contributed by atoms with Crippen molar-refractivity contribution < 1.29 is 29.4 Å². The third-order valence-corrected chi connectivity index (χ3v) is 7.23. The minimum atomic E-state index is -0.478. The van der Waals surface area contributed by atoms with E-state index in [1.807, 2.05) is 48.5 Å². The largest absolute Gasteiger partial charge is 0.465 e. The Labute approximate surface area is 227 Å². The maximum Gasteiger partial charge on any atom is 0.337 e. The van der Waals surface area contributed by atoms with Gasteiger partial charge in [0.15, 0.2) is 0 Å². The van der Waals surface area contributed by atoms with Gasteiger partial charge in [0.05, 0.1) is 31.5 Å². The number of hydrogen-bond acceptors (Lipinski definition) is 6. The van der Waals surface area contributed by atoms with Gasteiger partial charge in [-0.1, -0.05) is 35.9 Å². The molecule has 2 aliphatic carbocycles. The van der Waals surface area contributed by atoms with Crippen molar-refractivity contribution in [3.63, 3.8) is 0 Å². The molecule has 0 spiro atoms. The van der Waals surface area contributed by atoms with Crippen LogP contribution in [0.15, 0.2) is 60.7 Å². The van der Waals surface area contributed by atoms with E-state index in [4.69, 9.17) is 21.5 Å². The highest BCUT2D eigenvalue weighted by Crippen LogP contribution is 2.26. The van der Waals surface area contributed by atoms with Crippen molar-refractivity contribution in [3.8, 4) is 0 Å². The molecule has 1 amide bonds. The minimum absolute atomic E-state index is 0.177. The van der Waals surface area contributed by atoms with Crippen LogP contribution in [0, 0.1) is 0 Å². The highest BCUT2D eigenvalue weighted by molar-refractivity contribution is 6.30. The van der Waals surface area contributed by atoms with Gasteiger partial charge in [-0.3, -0.25) is 10.0 Å². The summed E-state index contributed by atoms with van der Waals surface area (Å²) in [6.45, 7) is 0.572. The molecule has 38 heavy (non-hydrogen) atoms. The Bertz CT molecular complexity index is 1280. The number of hydroxylamine groups is 1. The maximum absolute atomic E-state index is 11.5. The second kappa shape index (κ2) is 13.0. The van der Waals surface area contributed by atoms with Crippen molar-refractivity contribution in [3.05, 3.63) is 105 Å². The number of fused-ring (bicyclic) bond motifs is 2. The number of nitrogens with one attached hydrogen (secondary N) is 1. The van der Waals surface area contributed by atoms with E-state index in [9.17, 15) is 14.7 Å². The van der Waals surface area contributed by atoms with Crippen LogP contribution >= 0.6 is 11.6 Å². The molecule has 8 heteroatoms. The molecule has 200 valence electrons. The highest BCUT2D eigenvalue weighted by Gasteiger charge is 2.21. The summed E-state index contributed by atoms with van der Waals surface area (Å²) in [5.74, 6) is -0.780. The smallest absolute Gasteiger partial charge is 0.337 e. The molecule has 0 fully saturated rings. The standard InChI is InChI=1S/C18H18ClNO3.C12H14O3/c19-16-6-1-12(2-7-16)11-23-17-8-5-13-9-15(18(21)20-22)4-3-14(13)10-17;1-15-12(14)10-3-2-9-7-11(13)5-4-8(9)6-10/h1-4,6-7,9,17,22H,5,8,10-11H2,(H,20,21);2-3,6,11,13H,4-5,7H2,1H3. The molecule has 5 rings (SSSR count). The number of hydrogen-bond donors (Lipinski definition) is 3. The first kappa shape index (κ1) is 27.8. The van der Waals surface area contributed by atoms with Gasteiger partial charge in [0.25, 0.3) is 5.91 Å². The van der Waals surface area contributed by atoms with Crippen LogP contribution in [-0.4, -0.2) is 41.5 Å². The van der Waals surface area contributed by atoms with Gasteiger partial charge in [-0.2, -0.15) is 0 Å². The van der Waals surface area contributed by atoms with Crippen LogP contribution in [-0.2, 0) is 41.8 Å². The SMILES string of the molecule is COC(=O)c1ccc2c(c1)CCC(O)C2.O=C(NO)c1ccc2c(c1)CCC(OCc1ccc(Cl)cc1)C2. The second-order valence-corrected chi connectivity index (χ2v) is 10.0. The minimum Gasteiger partial charge on any atom is -0.465 e. The number of rotatable bonds is 5. The van der Waals surface area contributed by atoms with Gasteiger partial charge in [-0.05, 0) is 103 Å². The van der Waals surface area contributed by atoms with E-state index in [1.165, 1.54) is 12.7 Å². The number of benzene rings is 3. The first-order valence-electron chi connectivity index (χ1n) is 12.7. The lowest BCUT2D eigenvalue weighted by atomic mass is 9.88. The molecule has 0 aromatic heterocycles. The Balaban J connectivity index is 0.000000194. The number of amides is 1. The zero-order chi connectivity index (χ0) is 27.1. The molecule has 0 saturated carbocycles. The molecule has 3 N–H and O–H groups in total. The summed E-state index contributed by atoms with van der Waals surface area (Å²) >= 11 is 5.88. The number of aryl methyl sites for hydroxylation is 2. The molecule has 2 aliphatic rings. The molecule has 3 aromatic carbocycles. The zero-order valence-corrected chi connectivity index (χ0v) is 22.0. The topological polar surface area (TPSA) is 105 Å². The third kappa shape index (κ3) is 7.20. The monoisotopic (exact) mass is 537 g/mol. The summed E-state index contributed by atoms with van der Waals surface area (Å²) in [7, 11) is 1.38. The van der Waals surface area contributed by atoms with E-state index in [0.29, 0.717) is 24.2 Å². The number of aliphatic hydroxyl groups is 1. The van der Waals surface area contributed by atoms with Crippen molar-refractivity contribution in [1.29, 1.82) is 0 Å². The molecular weight excluding hydrogens is 506 g/mol. The fourth-order valence-electron chi connectivity index (χ4n) is 4.85. The molecule has 2 atom stereocenters. The average molecular weight is 538 g/mol. The molecule has 0 radical (unpaired) electrons. The van der Waals surface area contributed by atoms with E-state index in [2.05, 4.69) is 4.74 Å². The van der Waals surface area contributed by atoms with Crippen LogP contribution in [0.25, 0.3) is 0 Å². The van der Waals surface area contributed by atoms with Gasteiger partial charge in [-0.15, -0.1) is 0 Å². The summed E-state index contributed by atoms with van der Waals surface area (Å²) in [5.41, 5.74) is 8.49. The van der Waals surface area contributed by atoms with E-state index < -0.39 is 5.91 Å². The predicted molar refractivity (Wildman–Crippen MR) is 144 cm³/mol. The fraction of sp³-hybridized carbons (Fsp3) is 0.333. The van der Waals surface area contributed by atoms with Crippen LogP contribution < -0.4 is 5.48 Å². The van der Waals surface area contributed by atoms with Crippen molar-refractivity contribution in [2.75, 3.05) is 7.11 Å². The molecule has 0 heterocycles. The summed E-state index contributed by atoms with van der Waals surface area (Å²) in [6.07, 6.45) is 4.87. The van der Waals surface area contributed by atoms with Gasteiger partial charge in [-0.25, -0.2) is 10.3 Å². The van der Waals surface area contributed by atoms with Gasteiger partial charge < -0.3 is 14.6 Å². The predicted octanol–water partition coefficient (Wildman–Crippen LogP) is 4.86. The molecular formula is C30H32ClNO6. The van der Waals surface area contributed by atoms with Crippen molar-refractivity contribution in [2.24, 2.45) is 0 Å². The number of ether oxygens (including phenoxy) is 2. The quantitative estimate of drug-likeness (QED) is 0.244. The average Bonchev–Trinajstić information content (AvgIpc) is 2.95. The first-order valence-corrected chi connectivity index (χ1v) is 13.0. The Hall–Kier alpha value is -3.23. The van der Waals surface area contributed by atoms with Crippen molar-refractivity contribution >= 4 is 23.5 Å². The van der Waals surface area contributed by atoms with E-state index >= 15 is 0 Å². The van der Waals surface area contributed by atoms with Crippen LogP contribution in [0.3, 0.4) is 0 Å². The van der Waals surface area contributed by atoms with E-state index in [1.54, 1.807) is 17.6 Å². The number of halogens is 1. The number of esters is 1. The number of methoxy groups -OCH3 is 1. The Morgan fingerprint density at radius 1 is 0.895 bits per heavy atom. The van der Waals surface area contributed by atoms with Crippen molar-refractivity contribution in [2.45, 2.75) is 57.3 Å². The third-order valence-electron chi connectivity index (χ3n) is 6.98. The van der Waals surface area contributed by atoms with Gasteiger partial charge in [0.2, 0.25) is 0 Å². The highest BCUT2D eigenvalue weighted by atomic mass is 35.5. The molecule has 0 aliphatic heterocycles. The second-order valence-electron chi connectivity index (χ2n) is 9.60. The van der Waals surface area contributed by atoms with Gasteiger partial charge in [0, 0.05) is 10.6 Å². The number of carbonyl (C=O) groups excluding carboxylic acids is 2. The Kier molecular flexibility index (Phi) is 9.53. The van der Waals surface area contributed by atoms with Gasteiger partial charge in [0.1, 0.15) is 0 Å². The van der Waals surface area contributed by atoms with E-state index in [-0.39, 0.29) is 18.2 Å². The first-order chi connectivity index (χ1) is 18.4. The Morgan fingerprint density at radius 3 is 2.21 bits per heavy atom. The fourth-order valence-corrected chi connectivity index (χ4v) is 4.97. The Morgan fingerprint density at radius 2 is 1.53 bits per heavy atom. The van der Waals surface area contributed by atoms with Crippen molar-refractivity contribution in [1.82, 2.24) is 5.48 Å². The molecule has 3 aromatic rings. The van der Waals surface area contributed by atoms with Crippen LogP contribution in [0.2, 0.25) is 5.02 Å². The maximum atomic E-state index is 11.5. The van der Waals surface area contributed by atoms with Crippen LogP contribution in [0.1, 0.15) is 61.4 Å². The molecule has 7 nitrogen and oxygen atoms in total. The lowest BCUT2D eigenvalue weighted by Gasteiger charge is -2.25. The molecule has 2 unspecified atom stereocenters. The lowest BCUT2D eigenvalue weighted by molar-refractivity contribution is 0.0319. The molecule has 0 saturated heterocycles. The van der Waals surface area contributed by atoms with Crippen LogP contribution in [0.4, 0.5) is 0 Å². The molecule has 0 bridgehead atoms. The number of aliphatic hydroxyl groups excluding tert-OH is 1. The summed E-state index contributed by atoms with van der Waals surface area (Å²) in [6, 6.07) is 18.7.